The van der Waals surface area contributed by atoms with Gasteiger partial charge >= 0.3 is 6.18 Å². The van der Waals surface area contributed by atoms with Gasteiger partial charge in [0.1, 0.15) is 0 Å². The van der Waals surface area contributed by atoms with Crippen LogP contribution in [0.4, 0.5) is 13.2 Å². The van der Waals surface area contributed by atoms with Crippen LogP contribution in [0.1, 0.15) is 38.5 Å². The van der Waals surface area contributed by atoms with Crippen molar-refractivity contribution < 1.29 is 26.4 Å². The molecule has 1 heterocycles. The molecule has 0 aromatic rings. The van der Waals surface area contributed by atoms with Gasteiger partial charge < -0.3 is 5.32 Å². The number of piperidine rings is 1. The number of halogens is 3. The van der Waals surface area contributed by atoms with Crippen molar-refractivity contribution in [3.63, 3.8) is 0 Å². The average Bonchev–Trinajstić information content (AvgIpc) is 2.46. The molecule has 134 valence electrons. The molecule has 2 atom stereocenters. The molecule has 9 heteroatoms. The summed E-state index contributed by atoms with van der Waals surface area (Å²) in [7, 11) is -3.28. The first-order valence-corrected chi connectivity index (χ1v) is 9.76. The third kappa shape index (κ3) is 4.82. The van der Waals surface area contributed by atoms with Crippen LogP contribution in [-0.2, 0) is 14.8 Å². The van der Waals surface area contributed by atoms with Crippen LogP contribution in [0.15, 0.2) is 0 Å². The Labute approximate surface area is 134 Å². The van der Waals surface area contributed by atoms with Crippen LogP contribution in [0, 0.1) is 11.8 Å². The number of hydrogen-bond acceptors (Lipinski definition) is 3. The van der Waals surface area contributed by atoms with Crippen molar-refractivity contribution in [2.45, 2.75) is 50.7 Å². The maximum Gasteiger partial charge on any atom is 0.393 e. The van der Waals surface area contributed by atoms with E-state index >= 15 is 0 Å². The fourth-order valence-corrected chi connectivity index (χ4v) is 4.32. The third-order valence-electron chi connectivity index (χ3n) is 4.81. The van der Waals surface area contributed by atoms with Crippen LogP contribution in [0.3, 0.4) is 0 Å². The summed E-state index contributed by atoms with van der Waals surface area (Å²) in [6.45, 7) is 0.481. The molecule has 1 aliphatic heterocycles. The van der Waals surface area contributed by atoms with Crippen LogP contribution < -0.4 is 5.32 Å². The quantitative estimate of drug-likeness (QED) is 0.840. The zero-order valence-corrected chi connectivity index (χ0v) is 13.9. The predicted octanol–water partition coefficient (Wildman–Crippen LogP) is 1.90. The Morgan fingerprint density at radius 2 is 1.65 bits per heavy atom. The van der Waals surface area contributed by atoms with E-state index in [1.54, 1.807) is 0 Å². The topological polar surface area (TPSA) is 66.5 Å². The smallest absolute Gasteiger partial charge is 0.353 e. The molecule has 1 saturated heterocycles. The maximum absolute atomic E-state index is 13.0. The van der Waals surface area contributed by atoms with Crippen LogP contribution in [0.5, 0.6) is 0 Å². The van der Waals surface area contributed by atoms with E-state index in [0.717, 1.165) is 6.26 Å². The van der Waals surface area contributed by atoms with Gasteiger partial charge in [0.2, 0.25) is 15.9 Å². The Kier molecular flexibility index (Phi) is 5.60. The molecule has 5 nitrogen and oxygen atoms in total. The van der Waals surface area contributed by atoms with E-state index in [1.165, 1.54) is 4.31 Å². The highest BCUT2D eigenvalue weighted by atomic mass is 32.2. The Hall–Kier alpha value is -0.830. The first-order chi connectivity index (χ1) is 10.6. The number of nitrogens with zero attached hydrogens (tertiary/aromatic N) is 1. The molecular formula is C14H23F3N2O3S. The fraction of sp³-hybridized carbons (Fsp3) is 0.929. The molecule has 0 aromatic carbocycles. The Balaban J connectivity index is 1.91. The number of sulfonamides is 1. The van der Waals surface area contributed by atoms with E-state index in [1.807, 2.05) is 0 Å². The standard InChI is InChI=1S/C14H23F3N2O3S/c1-23(21,22)19-8-6-10(7-9-19)13(20)18-12-5-3-2-4-11(12)14(15,16)17/h10-12H,2-9H2,1H3,(H,18,20)/t11-,12+/m0/s1. The maximum atomic E-state index is 13.0. The minimum absolute atomic E-state index is 0.0565. The summed E-state index contributed by atoms with van der Waals surface area (Å²) in [5.41, 5.74) is 0. The summed E-state index contributed by atoms with van der Waals surface area (Å²) in [4.78, 5) is 12.2. The highest BCUT2D eigenvalue weighted by Gasteiger charge is 2.46. The molecule has 2 fully saturated rings. The first kappa shape index (κ1) is 18.5. The lowest BCUT2D eigenvalue weighted by molar-refractivity contribution is -0.189. The summed E-state index contributed by atoms with van der Waals surface area (Å²) in [6, 6.07) is -0.857. The molecule has 2 aliphatic rings. The second kappa shape index (κ2) is 6.96. The normalized spacial score (nSPS) is 28.5. The molecule has 0 aromatic heterocycles. The van der Waals surface area contributed by atoms with Crippen molar-refractivity contribution >= 4 is 15.9 Å². The first-order valence-electron chi connectivity index (χ1n) is 7.91. The summed E-state index contributed by atoms with van der Waals surface area (Å²) in [5.74, 6) is -2.26. The Morgan fingerprint density at radius 1 is 1.09 bits per heavy atom. The van der Waals surface area contributed by atoms with Crippen molar-refractivity contribution in [1.29, 1.82) is 0 Å². The van der Waals surface area contributed by atoms with E-state index in [2.05, 4.69) is 5.32 Å². The number of alkyl halides is 3. The second-order valence-corrected chi connectivity index (χ2v) is 8.47. The van der Waals surface area contributed by atoms with E-state index in [0.29, 0.717) is 32.1 Å². The van der Waals surface area contributed by atoms with Gasteiger partial charge in [0.25, 0.3) is 0 Å². The number of amides is 1. The number of hydrogen-bond donors (Lipinski definition) is 1. The zero-order valence-electron chi connectivity index (χ0n) is 13.1. The number of carbonyl (C=O) groups is 1. The van der Waals surface area contributed by atoms with Gasteiger partial charge in [0.15, 0.2) is 0 Å². The predicted molar refractivity (Wildman–Crippen MR) is 79.1 cm³/mol. The zero-order chi connectivity index (χ0) is 17.3. The van der Waals surface area contributed by atoms with Gasteiger partial charge in [-0.1, -0.05) is 12.8 Å². The fourth-order valence-electron chi connectivity index (χ4n) is 3.45. The number of nitrogens with one attached hydrogen (secondary N) is 1. The van der Waals surface area contributed by atoms with E-state index in [-0.39, 0.29) is 25.4 Å². The van der Waals surface area contributed by atoms with Gasteiger partial charge in [-0.2, -0.15) is 13.2 Å². The molecule has 1 aliphatic carbocycles. The molecule has 2 rings (SSSR count). The van der Waals surface area contributed by atoms with Gasteiger partial charge in [0.05, 0.1) is 12.2 Å². The minimum atomic E-state index is -4.29. The van der Waals surface area contributed by atoms with Gasteiger partial charge in [-0.3, -0.25) is 4.79 Å². The van der Waals surface area contributed by atoms with Crippen LogP contribution in [0.2, 0.25) is 0 Å². The monoisotopic (exact) mass is 356 g/mol. The summed E-state index contributed by atoms with van der Waals surface area (Å²) in [6.07, 6.45) is -0.863. The lowest BCUT2D eigenvalue weighted by Gasteiger charge is -2.35. The van der Waals surface area contributed by atoms with E-state index in [4.69, 9.17) is 0 Å². The minimum Gasteiger partial charge on any atom is -0.353 e. The van der Waals surface area contributed by atoms with E-state index in [9.17, 15) is 26.4 Å². The third-order valence-corrected chi connectivity index (χ3v) is 6.11. The van der Waals surface area contributed by atoms with Gasteiger partial charge in [-0.05, 0) is 25.7 Å². The van der Waals surface area contributed by atoms with Crippen LogP contribution >= 0.6 is 0 Å². The van der Waals surface area contributed by atoms with Crippen molar-refractivity contribution in [3.8, 4) is 0 Å². The highest BCUT2D eigenvalue weighted by molar-refractivity contribution is 7.88. The summed E-state index contributed by atoms with van der Waals surface area (Å²) in [5, 5.41) is 2.57. The summed E-state index contributed by atoms with van der Waals surface area (Å²) < 4.78 is 63.3. The Morgan fingerprint density at radius 3 is 2.17 bits per heavy atom. The molecule has 1 saturated carbocycles. The van der Waals surface area contributed by atoms with Gasteiger partial charge in [-0.25, -0.2) is 12.7 Å². The molecule has 0 unspecified atom stereocenters. The molecular weight excluding hydrogens is 333 g/mol. The number of carbonyl (C=O) groups excluding carboxylic acids is 1. The van der Waals surface area contributed by atoms with Crippen molar-refractivity contribution in [2.24, 2.45) is 11.8 Å². The molecule has 1 amide bonds. The average molecular weight is 356 g/mol. The number of rotatable bonds is 3. The van der Waals surface area contributed by atoms with Crippen LogP contribution in [0.25, 0.3) is 0 Å². The van der Waals surface area contributed by atoms with Crippen molar-refractivity contribution in [1.82, 2.24) is 9.62 Å². The lowest BCUT2D eigenvalue weighted by atomic mass is 9.83. The molecule has 0 bridgehead atoms. The van der Waals surface area contributed by atoms with Crippen molar-refractivity contribution in [2.75, 3.05) is 19.3 Å². The van der Waals surface area contributed by atoms with Crippen molar-refractivity contribution in [3.05, 3.63) is 0 Å². The largest absolute Gasteiger partial charge is 0.393 e. The SMILES string of the molecule is CS(=O)(=O)N1CCC(C(=O)N[C@@H]2CCCC[C@@H]2C(F)(F)F)CC1. The lowest BCUT2D eigenvalue weighted by Crippen LogP contribution is -2.50. The molecule has 0 spiro atoms. The molecule has 0 radical (unpaired) electrons. The highest BCUT2D eigenvalue weighted by Crippen LogP contribution is 2.38. The van der Waals surface area contributed by atoms with Gasteiger partial charge in [0, 0.05) is 25.0 Å². The van der Waals surface area contributed by atoms with Crippen LogP contribution in [-0.4, -0.2) is 50.2 Å². The second-order valence-electron chi connectivity index (χ2n) is 6.48. The van der Waals surface area contributed by atoms with Gasteiger partial charge in [-0.15, -0.1) is 0 Å². The summed E-state index contributed by atoms with van der Waals surface area (Å²) >= 11 is 0. The Bertz CT molecular complexity index is 528. The van der Waals surface area contributed by atoms with E-state index < -0.39 is 34.1 Å². The molecule has 1 N–H and O–H groups in total. The molecule has 23 heavy (non-hydrogen) atoms.